The fourth-order valence-corrected chi connectivity index (χ4v) is 7.93. The topological polar surface area (TPSA) is 61.4 Å². The van der Waals surface area contributed by atoms with Crippen molar-refractivity contribution < 1.29 is 9.69 Å². The molecule has 4 aliphatic carbocycles. The fourth-order valence-electron chi connectivity index (χ4n) is 6.85. The minimum Gasteiger partial charge on any atom is -0.331 e. The van der Waals surface area contributed by atoms with Gasteiger partial charge >= 0.3 is 0 Å². The first-order chi connectivity index (χ1) is 14.5. The number of benzene rings is 1. The van der Waals surface area contributed by atoms with Crippen LogP contribution in [0.1, 0.15) is 50.0 Å². The number of quaternary nitrogens is 1. The minimum absolute atomic E-state index is 0.0266. The normalized spacial score (nSPS) is 30.3. The molecule has 4 fully saturated rings. The first-order valence-electron chi connectivity index (χ1n) is 11.4. The smallest absolute Gasteiger partial charge is 0.278 e. The number of nitrogens with zero attached hydrogens (tertiary/aromatic N) is 3. The Morgan fingerprint density at radius 2 is 1.90 bits per heavy atom. The van der Waals surface area contributed by atoms with Gasteiger partial charge in [-0.2, -0.15) is 5.26 Å². The van der Waals surface area contributed by atoms with Crippen LogP contribution in [0.15, 0.2) is 24.3 Å². The summed E-state index contributed by atoms with van der Waals surface area (Å²) in [6.07, 6.45) is 8.00. The van der Waals surface area contributed by atoms with Crippen molar-refractivity contribution in [2.45, 2.75) is 57.0 Å². The highest BCUT2D eigenvalue weighted by Crippen LogP contribution is 2.57. The summed E-state index contributed by atoms with van der Waals surface area (Å²) in [6, 6.07) is 10.5. The van der Waals surface area contributed by atoms with Crippen LogP contribution in [-0.2, 0) is 11.3 Å². The molecule has 6 heteroatoms. The molecule has 1 unspecified atom stereocenters. The highest BCUT2D eigenvalue weighted by molar-refractivity contribution is 7.18. The van der Waals surface area contributed by atoms with Crippen LogP contribution in [-0.4, -0.2) is 41.5 Å². The van der Waals surface area contributed by atoms with E-state index in [9.17, 15) is 10.1 Å². The van der Waals surface area contributed by atoms with Crippen molar-refractivity contribution in [2.75, 3.05) is 20.1 Å². The van der Waals surface area contributed by atoms with E-state index in [1.165, 1.54) is 28.9 Å². The lowest BCUT2D eigenvalue weighted by Crippen LogP contribution is -3.09. The molecule has 1 aromatic carbocycles. The molecule has 1 atom stereocenters. The Morgan fingerprint density at radius 3 is 2.53 bits per heavy atom. The lowest BCUT2D eigenvalue weighted by atomic mass is 9.52. The zero-order valence-electron chi connectivity index (χ0n) is 17.8. The zero-order chi connectivity index (χ0) is 20.7. The van der Waals surface area contributed by atoms with Crippen molar-refractivity contribution in [1.82, 2.24) is 9.88 Å². The lowest BCUT2D eigenvalue weighted by Gasteiger charge is -2.60. The average Bonchev–Trinajstić information content (AvgIpc) is 3.09. The number of likely N-dealkylation sites (N-methyl/N-ethyl adjacent to an activating group) is 1. The van der Waals surface area contributed by atoms with Crippen LogP contribution in [0.5, 0.6) is 0 Å². The standard InChI is InChI=1S/C24H30N4OS/c1-27(15-22-26-20-5-2-3-6-21(20)30-22)16-23(29)28(8-4-7-25)24-12-17-9-18(13-24)11-19(10-17)14-24/h2-3,5-6,17-19H,4,8-16H2,1H3/p+1. The molecular formula is C24H31N4OS+. The molecule has 1 amide bonds. The molecule has 0 spiro atoms. The number of hydrogen-bond acceptors (Lipinski definition) is 4. The van der Waals surface area contributed by atoms with Crippen molar-refractivity contribution in [1.29, 1.82) is 5.26 Å². The van der Waals surface area contributed by atoms with Gasteiger partial charge < -0.3 is 9.80 Å². The van der Waals surface area contributed by atoms with Crippen molar-refractivity contribution in [3.8, 4) is 6.07 Å². The van der Waals surface area contributed by atoms with Crippen molar-refractivity contribution in [3.63, 3.8) is 0 Å². The highest BCUT2D eigenvalue weighted by Gasteiger charge is 2.54. The van der Waals surface area contributed by atoms with E-state index in [4.69, 9.17) is 4.98 Å². The van der Waals surface area contributed by atoms with Gasteiger partial charge in [0.25, 0.3) is 5.91 Å². The maximum atomic E-state index is 13.5. The maximum Gasteiger partial charge on any atom is 0.278 e. The molecule has 30 heavy (non-hydrogen) atoms. The summed E-state index contributed by atoms with van der Waals surface area (Å²) in [7, 11) is 2.09. The molecule has 0 aliphatic heterocycles. The SMILES string of the molecule is C[NH+](CC(=O)N(CCC#N)C12CC3CC(CC(C3)C1)C2)Cc1nc2ccccc2s1. The highest BCUT2D eigenvalue weighted by atomic mass is 32.1. The number of nitrogens with one attached hydrogen (secondary N) is 1. The van der Waals surface area contributed by atoms with Gasteiger partial charge in [-0.3, -0.25) is 4.79 Å². The Kier molecular flexibility index (Phi) is 5.28. The lowest BCUT2D eigenvalue weighted by molar-refractivity contribution is -0.885. The number of amides is 1. The third kappa shape index (κ3) is 3.74. The molecular weight excluding hydrogens is 392 g/mol. The average molecular weight is 424 g/mol. The molecule has 0 saturated heterocycles. The van der Waals surface area contributed by atoms with Gasteiger partial charge in [-0.05, 0) is 68.4 Å². The molecule has 0 radical (unpaired) electrons. The number of carbonyl (C=O) groups is 1. The Hall–Kier alpha value is -1.97. The number of nitriles is 1. The molecule has 1 heterocycles. The molecule has 4 bridgehead atoms. The van der Waals surface area contributed by atoms with Gasteiger partial charge in [0, 0.05) is 12.1 Å². The van der Waals surface area contributed by atoms with Gasteiger partial charge in [0.05, 0.1) is 29.8 Å². The number of hydrogen-bond donors (Lipinski definition) is 1. The number of thiazole rings is 1. The number of rotatable bonds is 7. The third-order valence-electron chi connectivity index (χ3n) is 7.57. The molecule has 5 nitrogen and oxygen atoms in total. The summed E-state index contributed by atoms with van der Waals surface area (Å²) in [5.74, 6) is 2.61. The maximum absolute atomic E-state index is 13.5. The molecule has 1 N–H and O–H groups in total. The predicted molar refractivity (Wildman–Crippen MR) is 118 cm³/mol. The largest absolute Gasteiger partial charge is 0.331 e. The zero-order valence-corrected chi connectivity index (χ0v) is 18.6. The van der Waals surface area contributed by atoms with Crippen LogP contribution >= 0.6 is 11.3 Å². The molecule has 4 saturated carbocycles. The number of fused-ring (bicyclic) bond motifs is 1. The summed E-state index contributed by atoms with van der Waals surface area (Å²) in [6.45, 7) is 1.83. The van der Waals surface area contributed by atoms with E-state index in [0.717, 1.165) is 54.1 Å². The van der Waals surface area contributed by atoms with E-state index in [2.05, 4.69) is 24.1 Å². The summed E-state index contributed by atoms with van der Waals surface area (Å²) < 4.78 is 1.20. The summed E-state index contributed by atoms with van der Waals surface area (Å²) in [5, 5.41) is 10.3. The number of carbonyl (C=O) groups excluding carboxylic acids is 1. The van der Waals surface area contributed by atoms with Crippen LogP contribution in [0, 0.1) is 29.1 Å². The first kappa shape index (κ1) is 20.0. The molecule has 6 rings (SSSR count). The van der Waals surface area contributed by atoms with E-state index in [1.807, 2.05) is 18.2 Å². The third-order valence-corrected chi connectivity index (χ3v) is 8.61. The van der Waals surface area contributed by atoms with Gasteiger partial charge in [-0.25, -0.2) is 4.98 Å². The van der Waals surface area contributed by atoms with Crippen LogP contribution in [0.2, 0.25) is 0 Å². The van der Waals surface area contributed by atoms with E-state index >= 15 is 0 Å². The van der Waals surface area contributed by atoms with Crippen LogP contribution in [0.25, 0.3) is 10.2 Å². The predicted octanol–water partition coefficient (Wildman–Crippen LogP) is 3.02. The molecule has 158 valence electrons. The second-order valence-corrected chi connectivity index (χ2v) is 11.1. The van der Waals surface area contributed by atoms with Crippen LogP contribution in [0.4, 0.5) is 0 Å². The monoisotopic (exact) mass is 423 g/mol. The van der Waals surface area contributed by atoms with E-state index in [1.54, 1.807) is 11.3 Å². The second-order valence-electron chi connectivity index (χ2n) is 9.98. The Bertz CT molecular complexity index is 909. The second kappa shape index (κ2) is 7.94. The summed E-state index contributed by atoms with van der Waals surface area (Å²) >= 11 is 1.72. The minimum atomic E-state index is 0.0266. The quantitative estimate of drug-likeness (QED) is 0.745. The van der Waals surface area contributed by atoms with Gasteiger partial charge in [-0.15, -0.1) is 11.3 Å². The van der Waals surface area contributed by atoms with Crippen molar-refractivity contribution >= 4 is 27.5 Å². The fraction of sp³-hybridized carbons (Fsp3) is 0.625. The van der Waals surface area contributed by atoms with Gasteiger partial charge in [0.1, 0.15) is 11.6 Å². The van der Waals surface area contributed by atoms with Crippen molar-refractivity contribution in [3.05, 3.63) is 29.3 Å². The first-order valence-corrected chi connectivity index (χ1v) is 12.2. The number of para-hydroxylation sites is 1. The van der Waals surface area contributed by atoms with Crippen LogP contribution in [0.3, 0.4) is 0 Å². The summed E-state index contributed by atoms with van der Waals surface area (Å²) in [5.41, 5.74) is 1.07. The van der Waals surface area contributed by atoms with Gasteiger partial charge in [0.15, 0.2) is 6.54 Å². The number of aromatic nitrogens is 1. The molecule has 1 aromatic heterocycles. The Morgan fingerprint density at radius 1 is 1.23 bits per heavy atom. The molecule has 2 aromatic rings. The summed E-state index contributed by atoms with van der Waals surface area (Å²) in [4.78, 5) is 21.6. The van der Waals surface area contributed by atoms with Crippen LogP contribution < -0.4 is 4.90 Å². The van der Waals surface area contributed by atoms with E-state index in [-0.39, 0.29) is 11.4 Å². The van der Waals surface area contributed by atoms with E-state index in [0.29, 0.717) is 19.5 Å². The van der Waals surface area contributed by atoms with Gasteiger partial charge in [0.2, 0.25) is 0 Å². The van der Waals surface area contributed by atoms with Crippen molar-refractivity contribution in [2.24, 2.45) is 17.8 Å². The molecule has 4 aliphatic rings. The Labute approximate surface area is 182 Å². The van der Waals surface area contributed by atoms with Gasteiger partial charge in [-0.1, -0.05) is 12.1 Å². The Balaban J connectivity index is 1.30. The van der Waals surface area contributed by atoms with E-state index < -0.39 is 0 Å².